The average Bonchev–Trinajstić information content (AvgIpc) is 3.56. The van der Waals surface area contributed by atoms with Crippen molar-refractivity contribution in [2.24, 2.45) is 5.10 Å². The molecule has 36 heavy (non-hydrogen) atoms. The number of carbonyl (C=O) groups is 3. The lowest BCUT2D eigenvalue weighted by Gasteiger charge is -2.25. The Labute approximate surface area is 205 Å². The van der Waals surface area contributed by atoms with Gasteiger partial charge in [0.15, 0.2) is 5.69 Å². The third-order valence-electron chi connectivity index (χ3n) is 6.09. The summed E-state index contributed by atoms with van der Waals surface area (Å²) in [6.45, 7) is 3.71. The maximum absolute atomic E-state index is 13.2. The number of aromatic nitrogens is 5. The van der Waals surface area contributed by atoms with Crippen molar-refractivity contribution < 1.29 is 19.0 Å². The summed E-state index contributed by atoms with van der Waals surface area (Å²) in [4.78, 5) is 41.7. The van der Waals surface area contributed by atoms with Crippen LogP contribution >= 0.6 is 0 Å². The van der Waals surface area contributed by atoms with Gasteiger partial charge in [-0.05, 0) is 55.3 Å². The largest absolute Gasteiger partial charge is 0.378 e. The molecule has 2 aliphatic heterocycles. The van der Waals surface area contributed by atoms with Crippen molar-refractivity contribution >= 4 is 29.3 Å². The van der Waals surface area contributed by atoms with E-state index in [2.05, 4.69) is 40.7 Å². The van der Waals surface area contributed by atoms with Crippen molar-refractivity contribution in [3.8, 4) is 5.82 Å². The highest BCUT2D eigenvalue weighted by atomic mass is 16.6. The van der Waals surface area contributed by atoms with Crippen LogP contribution in [0.3, 0.4) is 0 Å². The Kier molecular flexibility index (Phi) is 6.25. The van der Waals surface area contributed by atoms with Crippen molar-refractivity contribution in [3.05, 3.63) is 46.8 Å². The summed E-state index contributed by atoms with van der Waals surface area (Å²) in [7, 11) is 0. The quantitative estimate of drug-likeness (QED) is 0.270. The number of hydrazone groups is 1. The van der Waals surface area contributed by atoms with Gasteiger partial charge < -0.3 is 5.73 Å². The number of carbonyl (C=O) groups excluding carboxylic acids is 3. The first kappa shape index (κ1) is 23.3. The first-order valence-corrected chi connectivity index (χ1v) is 11.5. The van der Waals surface area contributed by atoms with Crippen LogP contribution < -0.4 is 11.2 Å². The summed E-state index contributed by atoms with van der Waals surface area (Å²) < 4.78 is 5.82. The lowest BCUT2D eigenvalue weighted by Crippen LogP contribution is -2.35. The third-order valence-corrected chi connectivity index (χ3v) is 6.09. The van der Waals surface area contributed by atoms with Crippen molar-refractivity contribution in [2.45, 2.75) is 32.7 Å². The number of likely N-dealkylation sites (tertiary alicyclic amines) is 1. The molecule has 1 saturated heterocycles. The van der Waals surface area contributed by atoms with Crippen molar-refractivity contribution in [2.75, 3.05) is 25.4 Å². The fourth-order valence-corrected chi connectivity index (χ4v) is 4.31. The van der Waals surface area contributed by atoms with E-state index in [0.29, 0.717) is 29.1 Å². The van der Waals surface area contributed by atoms with E-state index in [0.717, 1.165) is 35.5 Å². The molecule has 14 nitrogen and oxygen atoms in total. The molecule has 0 radical (unpaired) electrons. The smallest absolute Gasteiger partial charge is 0.292 e. The minimum absolute atomic E-state index is 0.0317. The number of nitrogens with one attached hydrogen (secondary N) is 1. The highest BCUT2D eigenvalue weighted by Gasteiger charge is 2.35. The second-order valence-electron chi connectivity index (χ2n) is 8.64. The number of imide groups is 1. The van der Waals surface area contributed by atoms with E-state index in [4.69, 9.17) is 5.73 Å². The number of hydrogen-bond donors (Lipinski definition) is 2. The topological polar surface area (TPSA) is 178 Å². The van der Waals surface area contributed by atoms with Crippen LogP contribution in [0.1, 0.15) is 63.1 Å². The van der Waals surface area contributed by atoms with Crippen LogP contribution in [0.15, 0.2) is 34.0 Å². The van der Waals surface area contributed by atoms with Crippen LogP contribution in [-0.4, -0.2) is 78.2 Å². The number of rotatable bonds is 7. The number of nitrogens with zero attached hydrogens (tertiary/aromatic N) is 8. The van der Waals surface area contributed by atoms with Gasteiger partial charge in [-0.3, -0.25) is 24.2 Å². The normalized spacial score (nSPS) is 16.5. The average molecular weight is 493 g/mol. The second kappa shape index (κ2) is 9.65. The number of benzene rings is 1. The molecule has 1 fully saturated rings. The molecule has 5 rings (SSSR count). The predicted octanol–water partition coefficient (Wildman–Crippen LogP) is 0.620. The maximum atomic E-state index is 13.2. The van der Waals surface area contributed by atoms with Crippen molar-refractivity contribution in [1.29, 1.82) is 0 Å². The lowest BCUT2D eigenvalue weighted by molar-refractivity contribution is 0.0677. The van der Waals surface area contributed by atoms with E-state index in [1.165, 1.54) is 6.42 Å². The minimum Gasteiger partial charge on any atom is -0.378 e. The fourth-order valence-electron chi connectivity index (χ4n) is 4.31. The number of anilines is 1. The van der Waals surface area contributed by atoms with Crippen molar-refractivity contribution in [3.63, 3.8) is 0 Å². The predicted molar refractivity (Wildman–Crippen MR) is 125 cm³/mol. The summed E-state index contributed by atoms with van der Waals surface area (Å²) in [5, 5.41) is 19.6. The summed E-state index contributed by atoms with van der Waals surface area (Å²) >= 11 is 0. The molecule has 0 spiro atoms. The number of hydrogen-bond acceptors (Lipinski definition) is 11. The number of amides is 3. The van der Waals surface area contributed by atoms with Gasteiger partial charge in [0.1, 0.15) is 5.69 Å². The SMILES string of the molecule is C/C(CN1C(=O)c2ccccc2C1=O)=N/NC(=O)c1c(CN2CCCCC2)nnn1-c1nonc1N. The van der Waals surface area contributed by atoms with Gasteiger partial charge in [-0.15, -0.1) is 5.10 Å². The van der Waals surface area contributed by atoms with Crippen LogP contribution in [0, 0.1) is 0 Å². The van der Waals surface area contributed by atoms with Gasteiger partial charge in [-0.1, -0.05) is 23.8 Å². The number of fused-ring (bicyclic) bond motifs is 1. The fraction of sp³-hybridized carbons (Fsp3) is 0.364. The third kappa shape index (κ3) is 4.33. The summed E-state index contributed by atoms with van der Waals surface area (Å²) in [6, 6.07) is 6.60. The number of nitrogen functional groups attached to an aromatic ring is 1. The van der Waals surface area contributed by atoms with E-state index < -0.39 is 17.7 Å². The van der Waals surface area contributed by atoms with Crippen LogP contribution in [0.2, 0.25) is 0 Å². The Balaban J connectivity index is 1.35. The molecule has 3 N–H and O–H groups in total. The Hall–Kier alpha value is -4.46. The minimum atomic E-state index is -0.615. The van der Waals surface area contributed by atoms with Gasteiger partial charge in [0, 0.05) is 6.54 Å². The van der Waals surface area contributed by atoms with Gasteiger partial charge in [0.05, 0.1) is 23.4 Å². The van der Waals surface area contributed by atoms with Crippen LogP contribution in [0.25, 0.3) is 5.82 Å². The Bertz CT molecular complexity index is 1320. The zero-order chi connectivity index (χ0) is 25.2. The van der Waals surface area contributed by atoms with Gasteiger partial charge in [0.25, 0.3) is 17.7 Å². The molecule has 2 aliphatic rings. The number of piperidine rings is 1. The van der Waals surface area contributed by atoms with Crippen LogP contribution in [-0.2, 0) is 6.54 Å². The van der Waals surface area contributed by atoms with Crippen LogP contribution in [0.5, 0.6) is 0 Å². The van der Waals surface area contributed by atoms with E-state index in [-0.39, 0.29) is 23.9 Å². The maximum Gasteiger partial charge on any atom is 0.292 e. The Morgan fingerprint density at radius 2 is 1.81 bits per heavy atom. The van der Waals surface area contributed by atoms with E-state index in [9.17, 15) is 14.4 Å². The molecule has 0 unspecified atom stereocenters. The molecule has 186 valence electrons. The Morgan fingerprint density at radius 3 is 2.44 bits per heavy atom. The highest BCUT2D eigenvalue weighted by molar-refractivity contribution is 6.22. The first-order valence-electron chi connectivity index (χ1n) is 11.5. The highest BCUT2D eigenvalue weighted by Crippen LogP contribution is 2.22. The van der Waals surface area contributed by atoms with Gasteiger partial charge in [-0.2, -0.15) is 9.78 Å². The van der Waals surface area contributed by atoms with Crippen molar-refractivity contribution in [1.82, 2.24) is 40.5 Å². The molecule has 0 aliphatic carbocycles. The summed E-state index contributed by atoms with van der Waals surface area (Å²) in [5.41, 5.74) is 9.82. The van der Waals surface area contributed by atoms with Crippen LogP contribution in [0.4, 0.5) is 5.82 Å². The zero-order valence-electron chi connectivity index (χ0n) is 19.5. The van der Waals surface area contributed by atoms with Gasteiger partial charge in [0.2, 0.25) is 11.6 Å². The molecule has 0 atom stereocenters. The summed E-state index contributed by atoms with van der Waals surface area (Å²) in [5.74, 6) is -1.45. The zero-order valence-corrected chi connectivity index (χ0v) is 19.5. The first-order chi connectivity index (χ1) is 17.4. The molecular formula is C22H24N10O4. The van der Waals surface area contributed by atoms with E-state index >= 15 is 0 Å². The molecule has 2 aromatic heterocycles. The van der Waals surface area contributed by atoms with E-state index in [1.807, 2.05) is 0 Å². The Morgan fingerprint density at radius 1 is 1.11 bits per heavy atom. The van der Waals surface area contributed by atoms with Gasteiger partial charge in [-0.25, -0.2) is 10.1 Å². The molecule has 1 aromatic carbocycles. The van der Waals surface area contributed by atoms with E-state index in [1.54, 1.807) is 31.2 Å². The molecule has 3 amide bonds. The second-order valence-corrected chi connectivity index (χ2v) is 8.64. The molecule has 4 heterocycles. The standard InChI is InChI=1S/C22H24N10O4/c1-13(11-31-21(34)14-7-3-4-8-15(14)22(31)35)24-26-20(33)17-16(12-30-9-5-2-6-10-30)25-29-32(17)19-18(23)27-36-28-19/h3-4,7-8H,2,5-6,9-12H2,1H3,(H2,23,27)(H,26,33)/b24-13-. The molecule has 0 saturated carbocycles. The molecule has 0 bridgehead atoms. The molecule has 3 aromatic rings. The molecule has 14 heteroatoms. The molecular weight excluding hydrogens is 468 g/mol. The summed E-state index contributed by atoms with van der Waals surface area (Å²) in [6.07, 6.45) is 3.30. The lowest BCUT2D eigenvalue weighted by atomic mass is 10.1. The monoisotopic (exact) mass is 492 g/mol. The van der Waals surface area contributed by atoms with Gasteiger partial charge >= 0.3 is 0 Å². The number of nitrogens with two attached hydrogens (primary N) is 1.